The molecule has 0 atom stereocenters. The number of aromatic nitrogens is 1. The maximum absolute atomic E-state index is 12.4. The standard InChI is InChI=1S/C18H14ClN3O3S/c1-10-3-4-12(7-11(10)2)15-9-26-18(20-15)21-17(23)14-8-13(19)5-6-16(14)22(24)25/h3-9H,1-2H3,(H,20,21,23). The van der Waals surface area contributed by atoms with Crippen LogP contribution in [0.15, 0.2) is 41.8 Å². The van der Waals surface area contributed by atoms with Gasteiger partial charge in [0.05, 0.1) is 10.6 Å². The van der Waals surface area contributed by atoms with Gasteiger partial charge in [0.1, 0.15) is 5.56 Å². The molecule has 0 saturated heterocycles. The van der Waals surface area contributed by atoms with Gasteiger partial charge in [-0.25, -0.2) is 4.98 Å². The van der Waals surface area contributed by atoms with Crippen molar-refractivity contribution in [3.8, 4) is 11.3 Å². The molecule has 0 aliphatic rings. The Balaban J connectivity index is 1.85. The number of nitro groups is 1. The second kappa shape index (κ2) is 7.23. The molecule has 1 N–H and O–H groups in total. The lowest BCUT2D eigenvalue weighted by atomic mass is 10.1. The van der Waals surface area contributed by atoms with Crippen molar-refractivity contribution in [1.82, 2.24) is 4.98 Å². The van der Waals surface area contributed by atoms with E-state index in [0.717, 1.165) is 16.8 Å². The lowest BCUT2D eigenvalue weighted by molar-refractivity contribution is -0.385. The van der Waals surface area contributed by atoms with Crippen LogP contribution in [0.2, 0.25) is 5.02 Å². The smallest absolute Gasteiger partial charge is 0.282 e. The van der Waals surface area contributed by atoms with E-state index in [1.807, 2.05) is 37.4 Å². The zero-order chi connectivity index (χ0) is 18.8. The monoisotopic (exact) mass is 387 g/mol. The van der Waals surface area contributed by atoms with Gasteiger partial charge in [-0.15, -0.1) is 11.3 Å². The van der Waals surface area contributed by atoms with Gasteiger partial charge in [0.2, 0.25) is 0 Å². The number of halogens is 1. The molecule has 3 aromatic rings. The molecule has 8 heteroatoms. The van der Waals surface area contributed by atoms with E-state index in [0.29, 0.717) is 5.13 Å². The van der Waals surface area contributed by atoms with Gasteiger partial charge in [0, 0.05) is 22.0 Å². The van der Waals surface area contributed by atoms with Crippen LogP contribution in [-0.2, 0) is 0 Å². The molecule has 6 nitrogen and oxygen atoms in total. The highest BCUT2D eigenvalue weighted by molar-refractivity contribution is 7.14. The van der Waals surface area contributed by atoms with Crippen LogP contribution in [0.4, 0.5) is 10.8 Å². The molecule has 0 fully saturated rings. The summed E-state index contributed by atoms with van der Waals surface area (Å²) in [6, 6.07) is 9.85. The Bertz CT molecular complexity index is 1020. The van der Waals surface area contributed by atoms with Crippen molar-refractivity contribution >= 4 is 39.7 Å². The molecule has 0 radical (unpaired) electrons. The third kappa shape index (κ3) is 3.74. The van der Waals surface area contributed by atoms with Gasteiger partial charge in [-0.2, -0.15) is 0 Å². The Kier molecular flexibility index (Phi) is 5.01. The van der Waals surface area contributed by atoms with Crippen molar-refractivity contribution in [1.29, 1.82) is 0 Å². The Morgan fingerprint density at radius 2 is 1.96 bits per heavy atom. The average molecular weight is 388 g/mol. The van der Waals surface area contributed by atoms with Gasteiger partial charge >= 0.3 is 0 Å². The lowest BCUT2D eigenvalue weighted by Gasteiger charge is -2.04. The molecule has 0 spiro atoms. The summed E-state index contributed by atoms with van der Waals surface area (Å²) in [4.78, 5) is 27.3. The molecule has 26 heavy (non-hydrogen) atoms. The number of thiazole rings is 1. The molecule has 1 heterocycles. The van der Waals surface area contributed by atoms with Crippen molar-refractivity contribution in [2.75, 3.05) is 5.32 Å². The molecular weight excluding hydrogens is 374 g/mol. The van der Waals surface area contributed by atoms with Crippen LogP contribution >= 0.6 is 22.9 Å². The average Bonchev–Trinajstić information content (AvgIpc) is 3.05. The van der Waals surface area contributed by atoms with E-state index in [2.05, 4.69) is 10.3 Å². The first kappa shape index (κ1) is 18.0. The normalized spacial score (nSPS) is 10.6. The van der Waals surface area contributed by atoms with Gasteiger partial charge in [-0.05, 0) is 43.2 Å². The van der Waals surface area contributed by atoms with E-state index in [9.17, 15) is 14.9 Å². The molecule has 0 bridgehead atoms. The summed E-state index contributed by atoms with van der Waals surface area (Å²) in [5.41, 5.74) is 3.59. The van der Waals surface area contributed by atoms with E-state index in [1.165, 1.54) is 35.1 Å². The van der Waals surface area contributed by atoms with Crippen LogP contribution < -0.4 is 5.32 Å². The van der Waals surface area contributed by atoms with E-state index < -0.39 is 10.8 Å². The van der Waals surface area contributed by atoms with Crippen molar-refractivity contribution < 1.29 is 9.72 Å². The summed E-state index contributed by atoms with van der Waals surface area (Å²) < 4.78 is 0. The first-order chi connectivity index (χ1) is 12.3. The number of hydrogen-bond acceptors (Lipinski definition) is 5. The number of nitrogens with one attached hydrogen (secondary N) is 1. The minimum Gasteiger partial charge on any atom is -0.298 e. The Morgan fingerprint density at radius 3 is 2.65 bits per heavy atom. The van der Waals surface area contributed by atoms with Crippen LogP contribution in [-0.4, -0.2) is 15.8 Å². The van der Waals surface area contributed by atoms with E-state index >= 15 is 0 Å². The number of aryl methyl sites for hydroxylation is 2. The van der Waals surface area contributed by atoms with Crippen LogP contribution in [0.25, 0.3) is 11.3 Å². The number of nitro benzene ring substituents is 1. The molecule has 0 saturated carbocycles. The number of rotatable bonds is 4. The Labute approximate surface area is 158 Å². The maximum Gasteiger partial charge on any atom is 0.282 e. The third-order valence-corrected chi connectivity index (χ3v) is 4.92. The van der Waals surface area contributed by atoms with Crippen LogP contribution in [0.5, 0.6) is 0 Å². The maximum atomic E-state index is 12.4. The number of carbonyl (C=O) groups excluding carboxylic acids is 1. The van der Waals surface area contributed by atoms with Crippen LogP contribution in [0.1, 0.15) is 21.5 Å². The number of anilines is 1. The molecule has 0 aliphatic heterocycles. The Hall–Kier alpha value is -2.77. The first-order valence-electron chi connectivity index (χ1n) is 7.63. The fraction of sp³-hybridized carbons (Fsp3) is 0.111. The quantitative estimate of drug-likeness (QED) is 0.490. The SMILES string of the molecule is Cc1ccc(-c2csc(NC(=O)c3cc(Cl)ccc3[N+](=O)[O-])n2)cc1C. The molecule has 0 unspecified atom stereocenters. The molecule has 1 amide bonds. The van der Waals surface area contributed by atoms with Gasteiger partial charge in [-0.1, -0.05) is 23.7 Å². The minimum absolute atomic E-state index is 0.106. The van der Waals surface area contributed by atoms with Crippen molar-refractivity contribution in [2.45, 2.75) is 13.8 Å². The predicted molar refractivity (Wildman–Crippen MR) is 103 cm³/mol. The fourth-order valence-electron chi connectivity index (χ4n) is 2.38. The number of nitrogens with zero attached hydrogens (tertiary/aromatic N) is 2. The number of hydrogen-bond donors (Lipinski definition) is 1. The summed E-state index contributed by atoms with van der Waals surface area (Å²) in [5, 5.41) is 16.1. The number of amides is 1. The van der Waals surface area contributed by atoms with E-state index in [1.54, 1.807) is 0 Å². The first-order valence-corrected chi connectivity index (χ1v) is 8.89. The van der Waals surface area contributed by atoms with Gasteiger partial charge in [0.15, 0.2) is 5.13 Å². The topological polar surface area (TPSA) is 85.1 Å². The summed E-state index contributed by atoms with van der Waals surface area (Å²) in [6.45, 7) is 4.05. The minimum atomic E-state index is -0.625. The lowest BCUT2D eigenvalue weighted by Crippen LogP contribution is -2.13. The molecule has 132 valence electrons. The van der Waals surface area contributed by atoms with Crippen molar-refractivity contribution in [2.24, 2.45) is 0 Å². The van der Waals surface area contributed by atoms with Crippen molar-refractivity contribution in [3.63, 3.8) is 0 Å². The molecule has 1 aromatic heterocycles. The third-order valence-electron chi connectivity index (χ3n) is 3.93. The van der Waals surface area contributed by atoms with E-state index in [4.69, 9.17) is 11.6 Å². The highest BCUT2D eigenvalue weighted by atomic mass is 35.5. The zero-order valence-corrected chi connectivity index (χ0v) is 15.5. The second-order valence-electron chi connectivity index (χ2n) is 5.71. The summed E-state index contributed by atoms with van der Waals surface area (Å²) in [7, 11) is 0. The van der Waals surface area contributed by atoms with Crippen LogP contribution in [0.3, 0.4) is 0 Å². The Morgan fingerprint density at radius 1 is 1.19 bits per heavy atom. The molecular formula is C18H14ClN3O3S. The summed E-state index contributed by atoms with van der Waals surface area (Å²) in [6.07, 6.45) is 0. The van der Waals surface area contributed by atoms with Crippen molar-refractivity contribution in [3.05, 3.63) is 73.6 Å². The fourth-order valence-corrected chi connectivity index (χ4v) is 3.27. The number of benzene rings is 2. The zero-order valence-electron chi connectivity index (χ0n) is 13.9. The second-order valence-corrected chi connectivity index (χ2v) is 7.00. The molecule has 0 aliphatic carbocycles. The van der Waals surface area contributed by atoms with Gasteiger partial charge in [0.25, 0.3) is 11.6 Å². The highest BCUT2D eigenvalue weighted by Crippen LogP contribution is 2.28. The van der Waals surface area contributed by atoms with Crippen LogP contribution in [0, 0.1) is 24.0 Å². The van der Waals surface area contributed by atoms with E-state index in [-0.39, 0.29) is 16.3 Å². The molecule has 2 aromatic carbocycles. The van der Waals surface area contributed by atoms with Gasteiger partial charge in [-0.3, -0.25) is 20.2 Å². The summed E-state index contributed by atoms with van der Waals surface area (Å²) in [5.74, 6) is -0.625. The van der Waals surface area contributed by atoms with Gasteiger partial charge < -0.3 is 0 Å². The predicted octanol–water partition coefficient (Wildman–Crippen LogP) is 5.24. The number of carbonyl (C=O) groups is 1. The summed E-state index contributed by atoms with van der Waals surface area (Å²) >= 11 is 7.11. The largest absolute Gasteiger partial charge is 0.298 e. The molecule has 3 rings (SSSR count). The highest BCUT2D eigenvalue weighted by Gasteiger charge is 2.21.